The zero-order valence-corrected chi connectivity index (χ0v) is 11.8. The van der Waals surface area contributed by atoms with Gasteiger partial charge in [-0.15, -0.1) is 0 Å². The Morgan fingerprint density at radius 1 is 0.938 bits per heavy atom. The van der Waals surface area contributed by atoms with Gasteiger partial charge in [-0.2, -0.15) is 8.42 Å². The summed E-state index contributed by atoms with van der Waals surface area (Å²) in [5.41, 5.74) is 1.02. The maximum atomic E-state index is 11.1. The first kappa shape index (κ1) is 17.5. The van der Waals surface area contributed by atoms with E-state index in [4.69, 9.17) is 0 Å². The Bertz CT molecular complexity index is 352. The summed E-state index contributed by atoms with van der Waals surface area (Å²) >= 11 is 0. The molecule has 1 rings (SSSR count). The van der Waals surface area contributed by atoms with Crippen LogP contribution in [0.4, 0.5) is 0 Å². The normalized spacial score (nSPS) is 9.38. The molecule has 1 aromatic rings. The summed E-state index contributed by atoms with van der Waals surface area (Å²) in [5, 5.41) is 0. The fourth-order valence-corrected chi connectivity index (χ4v) is 1.46. The molecule has 0 fully saturated rings. The van der Waals surface area contributed by atoms with Gasteiger partial charge in [0.05, 0.1) is 12.0 Å². The highest BCUT2D eigenvalue weighted by atomic mass is 32.2. The van der Waals surface area contributed by atoms with Crippen LogP contribution in [0.3, 0.4) is 0 Å². The van der Waals surface area contributed by atoms with E-state index in [1.807, 2.05) is 34.6 Å². The van der Waals surface area contributed by atoms with Crippen molar-refractivity contribution in [3.63, 3.8) is 0 Å². The fraction of sp³-hybridized carbons (Fsp3) is 0.500. The summed E-state index contributed by atoms with van der Waals surface area (Å²) in [7, 11) is -2.37. The van der Waals surface area contributed by atoms with Crippen molar-refractivity contribution < 1.29 is 12.6 Å². The van der Waals surface area contributed by atoms with Crippen LogP contribution < -0.4 is 0 Å². The summed E-state index contributed by atoms with van der Waals surface area (Å²) in [6.07, 6.45) is 0. The van der Waals surface area contributed by atoms with Crippen LogP contribution in [0.2, 0.25) is 0 Å². The van der Waals surface area contributed by atoms with Crippen LogP contribution in [0.5, 0.6) is 0 Å². The molecule has 0 atom stereocenters. The van der Waals surface area contributed by atoms with E-state index in [1.54, 1.807) is 12.1 Å². The van der Waals surface area contributed by atoms with Gasteiger partial charge in [0, 0.05) is 0 Å². The fourth-order valence-electron chi connectivity index (χ4n) is 0.801. The first-order valence-corrected chi connectivity index (χ1v) is 6.84. The van der Waals surface area contributed by atoms with Gasteiger partial charge >= 0.3 is 0 Å². The molecule has 94 valence electrons. The van der Waals surface area contributed by atoms with E-state index in [2.05, 4.69) is 4.18 Å². The Balaban J connectivity index is 0. The molecule has 0 aromatic heterocycles. The molecule has 0 bridgehead atoms. The third kappa shape index (κ3) is 5.88. The Hall–Kier alpha value is -0.870. The third-order valence-corrected chi connectivity index (χ3v) is 2.82. The molecule has 0 spiro atoms. The van der Waals surface area contributed by atoms with Crippen LogP contribution >= 0.6 is 0 Å². The van der Waals surface area contributed by atoms with E-state index in [9.17, 15) is 8.42 Å². The van der Waals surface area contributed by atoms with Crippen LogP contribution in [0, 0.1) is 6.92 Å². The van der Waals surface area contributed by atoms with Gasteiger partial charge < -0.3 is 0 Å². The van der Waals surface area contributed by atoms with Crippen molar-refractivity contribution in [2.45, 2.75) is 39.5 Å². The molecule has 0 saturated carbocycles. The number of rotatable bonds is 2. The molecule has 4 heteroatoms. The molecule has 0 amide bonds. The minimum atomic E-state index is -3.51. The van der Waals surface area contributed by atoms with E-state index in [-0.39, 0.29) is 4.90 Å². The van der Waals surface area contributed by atoms with Gasteiger partial charge in [0.2, 0.25) is 0 Å². The molecule has 16 heavy (non-hydrogen) atoms. The topological polar surface area (TPSA) is 43.4 Å². The second-order valence-electron chi connectivity index (χ2n) is 2.43. The summed E-state index contributed by atoms with van der Waals surface area (Å²) in [5.74, 6) is 0. The number of hydrogen-bond acceptors (Lipinski definition) is 3. The predicted octanol–water partition coefficient (Wildman–Crippen LogP) is 3.38. The first-order valence-electron chi connectivity index (χ1n) is 5.43. The van der Waals surface area contributed by atoms with Crippen LogP contribution in [-0.4, -0.2) is 15.5 Å². The number of hydrogen-bond donors (Lipinski definition) is 0. The molecule has 0 saturated heterocycles. The molecular weight excluding hydrogens is 224 g/mol. The molecule has 0 radical (unpaired) electrons. The largest absolute Gasteiger partial charge is 0.296 e. The van der Waals surface area contributed by atoms with Gasteiger partial charge in [-0.1, -0.05) is 45.4 Å². The Morgan fingerprint density at radius 3 is 1.62 bits per heavy atom. The van der Waals surface area contributed by atoms with Crippen molar-refractivity contribution in [3.05, 3.63) is 29.8 Å². The summed E-state index contributed by atoms with van der Waals surface area (Å²) in [4.78, 5) is 0.190. The van der Waals surface area contributed by atoms with Gasteiger partial charge in [0.1, 0.15) is 0 Å². The lowest BCUT2D eigenvalue weighted by Crippen LogP contribution is -2.02. The van der Waals surface area contributed by atoms with E-state index in [1.165, 1.54) is 12.1 Å². The summed E-state index contributed by atoms with van der Waals surface area (Å²) < 4.78 is 26.5. The van der Waals surface area contributed by atoms with Crippen molar-refractivity contribution in [2.75, 3.05) is 7.11 Å². The predicted molar refractivity (Wildman–Crippen MR) is 68.1 cm³/mol. The maximum Gasteiger partial charge on any atom is 0.296 e. The van der Waals surface area contributed by atoms with Crippen molar-refractivity contribution in [3.8, 4) is 0 Å². The van der Waals surface area contributed by atoms with E-state index < -0.39 is 10.1 Å². The lowest BCUT2D eigenvalue weighted by atomic mass is 10.2. The van der Waals surface area contributed by atoms with Crippen molar-refractivity contribution in [2.24, 2.45) is 0 Å². The molecule has 0 unspecified atom stereocenters. The standard InChI is InChI=1S/C8H10O3S.2C2H6/c1-7-3-5-8(6-4-7)12(9,10)11-2;2*1-2/h3-6H,1-2H3;2*1-2H3. The smallest absolute Gasteiger partial charge is 0.270 e. The minimum Gasteiger partial charge on any atom is -0.270 e. The second-order valence-corrected chi connectivity index (χ2v) is 4.15. The molecular formula is C12H22O3S. The van der Waals surface area contributed by atoms with Crippen molar-refractivity contribution >= 4 is 10.1 Å². The molecule has 0 heterocycles. The SMILES string of the molecule is CC.CC.COS(=O)(=O)c1ccc(C)cc1. The molecule has 0 aliphatic heterocycles. The highest BCUT2D eigenvalue weighted by Gasteiger charge is 2.10. The van der Waals surface area contributed by atoms with Crippen LogP contribution in [0.1, 0.15) is 33.3 Å². The van der Waals surface area contributed by atoms with Gasteiger partial charge in [-0.25, -0.2) is 0 Å². The van der Waals surface area contributed by atoms with Gasteiger partial charge in [0.25, 0.3) is 10.1 Å². The van der Waals surface area contributed by atoms with Gasteiger partial charge in [-0.05, 0) is 19.1 Å². The maximum absolute atomic E-state index is 11.1. The zero-order valence-electron chi connectivity index (χ0n) is 10.9. The molecule has 1 aromatic carbocycles. The number of aryl methyl sites for hydroxylation is 1. The lowest BCUT2D eigenvalue weighted by Gasteiger charge is -2.00. The average Bonchev–Trinajstić information content (AvgIpc) is 2.35. The first-order chi connectivity index (χ1) is 7.56. The lowest BCUT2D eigenvalue weighted by molar-refractivity contribution is 0.398. The van der Waals surface area contributed by atoms with Crippen molar-refractivity contribution in [1.82, 2.24) is 0 Å². The van der Waals surface area contributed by atoms with Crippen LogP contribution in [-0.2, 0) is 14.3 Å². The van der Waals surface area contributed by atoms with Crippen LogP contribution in [0.15, 0.2) is 29.2 Å². The molecule has 0 aliphatic carbocycles. The summed E-state index contributed by atoms with van der Waals surface area (Å²) in [6.45, 7) is 9.89. The van der Waals surface area contributed by atoms with Crippen LogP contribution in [0.25, 0.3) is 0 Å². The molecule has 0 aliphatic rings. The zero-order chi connectivity index (χ0) is 13.2. The molecule has 0 N–H and O–H groups in total. The van der Waals surface area contributed by atoms with Gasteiger partial charge in [-0.3, -0.25) is 4.18 Å². The van der Waals surface area contributed by atoms with Gasteiger partial charge in [0.15, 0.2) is 0 Å². The molecule has 3 nitrogen and oxygen atoms in total. The minimum absolute atomic E-state index is 0.190. The number of benzene rings is 1. The Labute approximate surface area is 99.6 Å². The van der Waals surface area contributed by atoms with Crippen molar-refractivity contribution in [1.29, 1.82) is 0 Å². The average molecular weight is 246 g/mol. The van der Waals surface area contributed by atoms with E-state index >= 15 is 0 Å². The van der Waals surface area contributed by atoms with E-state index in [0.717, 1.165) is 12.7 Å². The Kier molecular flexibility index (Phi) is 10.3. The van der Waals surface area contributed by atoms with E-state index in [0.29, 0.717) is 0 Å². The highest BCUT2D eigenvalue weighted by Crippen LogP contribution is 2.11. The second kappa shape index (κ2) is 9.36. The highest BCUT2D eigenvalue weighted by molar-refractivity contribution is 7.86. The monoisotopic (exact) mass is 246 g/mol. The summed E-state index contributed by atoms with van der Waals surface area (Å²) in [6, 6.07) is 6.50. The Morgan fingerprint density at radius 2 is 1.31 bits per heavy atom. The quantitative estimate of drug-likeness (QED) is 0.751. The third-order valence-electron chi connectivity index (χ3n) is 1.53.